The van der Waals surface area contributed by atoms with E-state index in [0.29, 0.717) is 31.1 Å². The molecule has 2 fully saturated rings. The molecule has 6 nitrogen and oxygen atoms in total. The van der Waals surface area contributed by atoms with E-state index < -0.39 is 0 Å². The molecule has 0 radical (unpaired) electrons. The van der Waals surface area contributed by atoms with Crippen LogP contribution < -0.4 is 10.6 Å². The topological polar surface area (TPSA) is 64.7 Å². The SMILES string of the molecule is CC1CNCCN1C(=O)NCC1CC(=O)N(Cc2ccccc2Cl)C1. The largest absolute Gasteiger partial charge is 0.338 e. The summed E-state index contributed by atoms with van der Waals surface area (Å²) in [5.41, 5.74) is 0.955. The Bertz CT molecular complexity index is 639. The molecule has 2 aliphatic heterocycles. The van der Waals surface area contributed by atoms with Gasteiger partial charge >= 0.3 is 6.03 Å². The average molecular weight is 365 g/mol. The first-order valence-electron chi connectivity index (χ1n) is 8.81. The summed E-state index contributed by atoms with van der Waals surface area (Å²) in [7, 11) is 0. The smallest absolute Gasteiger partial charge is 0.317 e. The fraction of sp³-hybridized carbons (Fsp3) is 0.556. The Morgan fingerprint density at radius 3 is 2.96 bits per heavy atom. The molecule has 0 aliphatic carbocycles. The van der Waals surface area contributed by atoms with Gasteiger partial charge in [-0.25, -0.2) is 4.79 Å². The number of hydrogen-bond acceptors (Lipinski definition) is 3. The van der Waals surface area contributed by atoms with Crippen molar-refractivity contribution in [2.24, 2.45) is 5.92 Å². The van der Waals surface area contributed by atoms with Crippen LogP contribution >= 0.6 is 11.6 Å². The van der Waals surface area contributed by atoms with Crippen LogP contribution in [0.5, 0.6) is 0 Å². The predicted molar refractivity (Wildman–Crippen MR) is 97.4 cm³/mol. The lowest BCUT2D eigenvalue weighted by molar-refractivity contribution is -0.128. The van der Waals surface area contributed by atoms with Crippen LogP contribution in [0.4, 0.5) is 4.79 Å². The summed E-state index contributed by atoms with van der Waals surface area (Å²) < 4.78 is 0. The van der Waals surface area contributed by atoms with Crippen molar-refractivity contribution in [3.05, 3.63) is 34.9 Å². The lowest BCUT2D eigenvalue weighted by atomic mass is 10.1. The number of urea groups is 1. The zero-order valence-electron chi connectivity index (χ0n) is 14.5. The highest BCUT2D eigenvalue weighted by Crippen LogP contribution is 2.23. The van der Waals surface area contributed by atoms with Crippen molar-refractivity contribution in [2.75, 3.05) is 32.7 Å². The van der Waals surface area contributed by atoms with Crippen LogP contribution in [0.2, 0.25) is 5.02 Å². The summed E-state index contributed by atoms with van der Waals surface area (Å²) in [6.45, 7) is 6.11. The second kappa shape index (κ2) is 8.06. The maximum Gasteiger partial charge on any atom is 0.317 e. The highest BCUT2D eigenvalue weighted by atomic mass is 35.5. The standard InChI is InChI=1S/C18H25ClN4O2/c1-13-9-20-6-7-23(13)18(25)21-10-14-8-17(24)22(11-14)12-15-4-2-3-5-16(15)19/h2-5,13-14,20H,6-12H2,1H3,(H,21,25). The predicted octanol–water partition coefficient (Wildman–Crippen LogP) is 1.69. The summed E-state index contributed by atoms with van der Waals surface area (Å²) in [5.74, 6) is 0.270. The van der Waals surface area contributed by atoms with Gasteiger partial charge in [-0.2, -0.15) is 0 Å². The number of likely N-dealkylation sites (tertiary alicyclic amines) is 1. The van der Waals surface area contributed by atoms with Gasteiger partial charge in [0.1, 0.15) is 0 Å². The van der Waals surface area contributed by atoms with Crippen LogP contribution in [0, 0.1) is 5.92 Å². The van der Waals surface area contributed by atoms with Crippen molar-refractivity contribution in [3.63, 3.8) is 0 Å². The first kappa shape index (κ1) is 18.0. The molecule has 2 aliphatic rings. The molecule has 136 valence electrons. The summed E-state index contributed by atoms with van der Waals surface area (Å²) >= 11 is 6.18. The van der Waals surface area contributed by atoms with Crippen molar-refractivity contribution in [3.8, 4) is 0 Å². The maximum absolute atomic E-state index is 12.3. The Morgan fingerprint density at radius 1 is 1.40 bits per heavy atom. The highest BCUT2D eigenvalue weighted by Gasteiger charge is 2.31. The van der Waals surface area contributed by atoms with Gasteiger partial charge in [-0.15, -0.1) is 0 Å². The fourth-order valence-electron chi connectivity index (χ4n) is 3.45. The van der Waals surface area contributed by atoms with E-state index in [4.69, 9.17) is 11.6 Å². The second-order valence-corrected chi connectivity index (χ2v) is 7.28. The van der Waals surface area contributed by atoms with Gasteiger partial charge in [0.25, 0.3) is 0 Å². The number of piperazine rings is 1. The van der Waals surface area contributed by atoms with Gasteiger partial charge in [0, 0.05) is 62.7 Å². The Balaban J connectivity index is 1.49. The Kier molecular flexibility index (Phi) is 5.81. The zero-order chi connectivity index (χ0) is 17.8. The lowest BCUT2D eigenvalue weighted by Crippen LogP contribution is -2.55. The van der Waals surface area contributed by atoms with E-state index in [1.54, 1.807) is 0 Å². The number of amides is 3. The first-order chi connectivity index (χ1) is 12.0. The van der Waals surface area contributed by atoms with Gasteiger partial charge < -0.3 is 20.4 Å². The molecule has 25 heavy (non-hydrogen) atoms. The average Bonchev–Trinajstić information content (AvgIpc) is 2.95. The molecule has 2 saturated heterocycles. The van der Waals surface area contributed by atoms with Crippen LogP contribution in [-0.2, 0) is 11.3 Å². The van der Waals surface area contributed by atoms with E-state index in [0.717, 1.165) is 25.2 Å². The molecule has 1 aromatic rings. The number of carbonyl (C=O) groups excluding carboxylic acids is 2. The van der Waals surface area contributed by atoms with Gasteiger partial charge in [0.2, 0.25) is 5.91 Å². The third-order valence-corrected chi connectivity index (χ3v) is 5.29. The highest BCUT2D eigenvalue weighted by molar-refractivity contribution is 6.31. The molecule has 2 N–H and O–H groups in total. The fourth-order valence-corrected chi connectivity index (χ4v) is 3.65. The Morgan fingerprint density at radius 2 is 2.20 bits per heavy atom. The van der Waals surface area contributed by atoms with E-state index >= 15 is 0 Å². The third-order valence-electron chi connectivity index (χ3n) is 4.92. The number of carbonyl (C=O) groups is 2. The van der Waals surface area contributed by atoms with Gasteiger partial charge in [-0.05, 0) is 18.6 Å². The van der Waals surface area contributed by atoms with E-state index in [2.05, 4.69) is 10.6 Å². The molecule has 2 atom stereocenters. The molecule has 0 aromatic heterocycles. The van der Waals surface area contributed by atoms with Crippen LogP contribution in [-0.4, -0.2) is 60.5 Å². The van der Waals surface area contributed by atoms with E-state index in [9.17, 15) is 9.59 Å². The van der Waals surface area contributed by atoms with E-state index in [1.807, 2.05) is 41.0 Å². The Labute approximate surface area is 153 Å². The minimum absolute atomic E-state index is 0.0361. The molecule has 0 bridgehead atoms. The van der Waals surface area contributed by atoms with Crippen LogP contribution in [0.25, 0.3) is 0 Å². The van der Waals surface area contributed by atoms with Crippen molar-refractivity contribution >= 4 is 23.5 Å². The van der Waals surface area contributed by atoms with E-state index in [1.165, 1.54) is 0 Å². The summed E-state index contributed by atoms with van der Waals surface area (Å²) in [6.07, 6.45) is 0.474. The molecule has 2 unspecified atom stereocenters. The number of benzene rings is 1. The maximum atomic E-state index is 12.3. The van der Waals surface area contributed by atoms with Gasteiger partial charge in [-0.1, -0.05) is 29.8 Å². The molecular weight excluding hydrogens is 340 g/mol. The van der Waals surface area contributed by atoms with Gasteiger partial charge in [0.05, 0.1) is 0 Å². The number of nitrogens with one attached hydrogen (secondary N) is 2. The normalized spacial score (nSPS) is 23.8. The molecule has 0 spiro atoms. The molecule has 1 aromatic carbocycles. The Hall–Kier alpha value is -1.79. The molecule has 3 rings (SSSR count). The quantitative estimate of drug-likeness (QED) is 0.854. The molecule has 7 heteroatoms. The molecular formula is C18H25ClN4O2. The summed E-state index contributed by atoms with van der Waals surface area (Å²) in [4.78, 5) is 28.3. The summed E-state index contributed by atoms with van der Waals surface area (Å²) in [6, 6.07) is 7.74. The van der Waals surface area contributed by atoms with Crippen LogP contribution in [0.3, 0.4) is 0 Å². The first-order valence-corrected chi connectivity index (χ1v) is 9.18. The van der Waals surface area contributed by atoms with Crippen LogP contribution in [0.1, 0.15) is 18.9 Å². The number of nitrogens with zero attached hydrogens (tertiary/aromatic N) is 2. The van der Waals surface area contributed by atoms with Crippen molar-refractivity contribution in [1.29, 1.82) is 0 Å². The second-order valence-electron chi connectivity index (χ2n) is 6.87. The minimum Gasteiger partial charge on any atom is -0.338 e. The van der Waals surface area contributed by atoms with Crippen molar-refractivity contribution in [1.82, 2.24) is 20.4 Å². The van der Waals surface area contributed by atoms with Crippen LogP contribution in [0.15, 0.2) is 24.3 Å². The zero-order valence-corrected chi connectivity index (χ0v) is 15.3. The molecule has 0 saturated carbocycles. The molecule has 3 amide bonds. The van der Waals surface area contributed by atoms with Gasteiger partial charge in [-0.3, -0.25) is 4.79 Å². The van der Waals surface area contributed by atoms with E-state index in [-0.39, 0.29) is 23.9 Å². The molecule has 2 heterocycles. The monoisotopic (exact) mass is 364 g/mol. The number of rotatable bonds is 4. The number of hydrogen-bond donors (Lipinski definition) is 2. The third kappa shape index (κ3) is 4.44. The summed E-state index contributed by atoms with van der Waals surface area (Å²) in [5, 5.41) is 6.95. The number of halogens is 1. The van der Waals surface area contributed by atoms with Crippen molar-refractivity contribution in [2.45, 2.75) is 25.9 Å². The van der Waals surface area contributed by atoms with Gasteiger partial charge in [0.15, 0.2) is 0 Å². The van der Waals surface area contributed by atoms with Crippen molar-refractivity contribution < 1.29 is 9.59 Å². The lowest BCUT2D eigenvalue weighted by Gasteiger charge is -2.34. The minimum atomic E-state index is -0.0361.